The second kappa shape index (κ2) is 6.18. The SMILES string of the molecule is CN(C(=O)COc1ccccc1F)C1CCc2ccccc21. The summed E-state index contributed by atoms with van der Waals surface area (Å²) < 4.78 is 18.8. The molecule has 1 amide bonds. The van der Waals surface area contributed by atoms with Crippen molar-refractivity contribution < 1.29 is 13.9 Å². The molecule has 3 rings (SSSR count). The summed E-state index contributed by atoms with van der Waals surface area (Å²) in [5.74, 6) is -0.495. The maximum absolute atomic E-state index is 13.5. The number of aryl methyl sites for hydroxylation is 1. The standard InChI is InChI=1S/C18H18FNO2/c1-20(16-11-10-13-6-2-3-7-14(13)16)18(21)12-22-17-9-5-4-8-15(17)19/h2-9,16H,10-12H2,1H3. The first kappa shape index (κ1) is 14.6. The van der Waals surface area contributed by atoms with Gasteiger partial charge in [-0.3, -0.25) is 4.79 Å². The van der Waals surface area contributed by atoms with Crippen LogP contribution in [0.15, 0.2) is 48.5 Å². The van der Waals surface area contributed by atoms with E-state index in [1.165, 1.54) is 23.3 Å². The molecule has 114 valence electrons. The lowest BCUT2D eigenvalue weighted by molar-refractivity contribution is -0.134. The first-order valence-electron chi connectivity index (χ1n) is 7.37. The van der Waals surface area contributed by atoms with Crippen LogP contribution in [0, 0.1) is 5.82 Å². The molecule has 1 atom stereocenters. The normalized spacial score (nSPS) is 16.2. The molecular formula is C18H18FNO2. The summed E-state index contributed by atoms with van der Waals surface area (Å²) in [5.41, 5.74) is 2.49. The second-order valence-electron chi connectivity index (χ2n) is 5.48. The van der Waals surface area contributed by atoms with E-state index >= 15 is 0 Å². The van der Waals surface area contributed by atoms with Crippen LogP contribution in [0.2, 0.25) is 0 Å². The summed E-state index contributed by atoms with van der Waals surface area (Å²) in [6.45, 7) is -0.157. The molecule has 0 fully saturated rings. The fourth-order valence-corrected chi connectivity index (χ4v) is 2.91. The molecule has 2 aromatic carbocycles. The number of amides is 1. The molecule has 2 aromatic rings. The monoisotopic (exact) mass is 299 g/mol. The van der Waals surface area contributed by atoms with Gasteiger partial charge in [0.25, 0.3) is 5.91 Å². The minimum absolute atomic E-state index is 0.0768. The molecule has 0 spiro atoms. The van der Waals surface area contributed by atoms with Crippen molar-refractivity contribution in [3.8, 4) is 5.75 Å². The molecule has 1 aliphatic carbocycles. The Kier molecular flexibility index (Phi) is 4.09. The maximum Gasteiger partial charge on any atom is 0.260 e. The summed E-state index contributed by atoms with van der Waals surface area (Å²) >= 11 is 0. The van der Waals surface area contributed by atoms with E-state index in [4.69, 9.17) is 4.74 Å². The number of hydrogen-bond acceptors (Lipinski definition) is 2. The van der Waals surface area contributed by atoms with Crippen molar-refractivity contribution in [3.63, 3.8) is 0 Å². The lowest BCUT2D eigenvalue weighted by Gasteiger charge is -2.25. The van der Waals surface area contributed by atoms with Crippen molar-refractivity contribution in [2.45, 2.75) is 18.9 Å². The lowest BCUT2D eigenvalue weighted by Crippen LogP contribution is -2.34. The highest BCUT2D eigenvalue weighted by Gasteiger charge is 2.28. The fraction of sp³-hybridized carbons (Fsp3) is 0.278. The van der Waals surface area contributed by atoms with Gasteiger partial charge in [-0.15, -0.1) is 0 Å². The van der Waals surface area contributed by atoms with E-state index in [2.05, 4.69) is 12.1 Å². The van der Waals surface area contributed by atoms with Crippen LogP contribution in [0.3, 0.4) is 0 Å². The van der Waals surface area contributed by atoms with Crippen LogP contribution in [0.5, 0.6) is 5.75 Å². The molecule has 0 radical (unpaired) electrons. The highest BCUT2D eigenvalue weighted by Crippen LogP contribution is 2.34. The minimum Gasteiger partial charge on any atom is -0.481 e. The zero-order chi connectivity index (χ0) is 15.5. The average molecular weight is 299 g/mol. The van der Waals surface area contributed by atoms with Crippen LogP contribution < -0.4 is 4.74 Å². The van der Waals surface area contributed by atoms with Crippen LogP contribution in [0.25, 0.3) is 0 Å². The molecule has 4 heteroatoms. The van der Waals surface area contributed by atoms with Crippen molar-refractivity contribution in [3.05, 3.63) is 65.5 Å². The Morgan fingerprint density at radius 3 is 2.77 bits per heavy atom. The number of fused-ring (bicyclic) bond motifs is 1. The zero-order valence-electron chi connectivity index (χ0n) is 12.5. The molecule has 3 nitrogen and oxygen atoms in total. The van der Waals surface area contributed by atoms with E-state index in [-0.39, 0.29) is 24.3 Å². The summed E-state index contributed by atoms with van der Waals surface area (Å²) in [5, 5.41) is 0. The van der Waals surface area contributed by atoms with Gasteiger partial charge in [-0.05, 0) is 36.1 Å². The van der Waals surface area contributed by atoms with E-state index in [0.717, 1.165) is 12.8 Å². The molecule has 0 aromatic heterocycles. The number of benzene rings is 2. The van der Waals surface area contributed by atoms with Gasteiger partial charge < -0.3 is 9.64 Å². The first-order chi connectivity index (χ1) is 10.7. The third-order valence-electron chi connectivity index (χ3n) is 4.15. The fourth-order valence-electron chi connectivity index (χ4n) is 2.91. The molecule has 0 saturated heterocycles. The van der Waals surface area contributed by atoms with Gasteiger partial charge in [-0.2, -0.15) is 0 Å². The minimum atomic E-state index is -0.454. The number of ether oxygens (including phenoxy) is 1. The van der Waals surface area contributed by atoms with Gasteiger partial charge in [0, 0.05) is 7.05 Å². The molecule has 0 bridgehead atoms. The summed E-state index contributed by atoms with van der Waals surface area (Å²) in [4.78, 5) is 14.0. The Hall–Kier alpha value is -2.36. The third kappa shape index (κ3) is 2.82. The number of likely N-dealkylation sites (N-methyl/N-ethyl adjacent to an activating group) is 1. The number of halogens is 1. The predicted molar refractivity (Wildman–Crippen MR) is 82.2 cm³/mol. The van der Waals surface area contributed by atoms with Gasteiger partial charge in [0.05, 0.1) is 6.04 Å². The van der Waals surface area contributed by atoms with Crippen molar-refractivity contribution >= 4 is 5.91 Å². The summed E-state index contributed by atoms with van der Waals surface area (Å²) in [7, 11) is 1.78. The Bertz CT molecular complexity index is 686. The number of nitrogens with zero attached hydrogens (tertiary/aromatic N) is 1. The van der Waals surface area contributed by atoms with Gasteiger partial charge in [0.1, 0.15) is 0 Å². The molecule has 1 aliphatic rings. The zero-order valence-corrected chi connectivity index (χ0v) is 12.5. The number of rotatable bonds is 4. The number of carbonyl (C=O) groups is 1. The average Bonchev–Trinajstić information content (AvgIpc) is 2.97. The largest absolute Gasteiger partial charge is 0.481 e. The summed E-state index contributed by atoms with van der Waals surface area (Å²) in [6, 6.07) is 14.4. The Balaban J connectivity index is 1.65. The van der Waals surface area contributed by atoms with Crippen LogP contribution in [-0.2, 0) is 11.2 Å². The molecule has 0 saturated carbocycles. The Morgan fingerprint density at radius 2 is 1.95 bits per heavy atom. The topological polar surface area (TPSA) is 29.5 Å². The summed E-state index contributed by atoms with van der Waals surface area (Å²) in [6.07, 6.45) is 1.90. The number of hydrogen-bond donors (Lipinski definition) is 0. The molecule has 0 N–H and O–H groups in total. The van der Waals surface area contributed by atoms with Crippen molar-refractivity contribution in [2.24, 2.45) is 0 Å². The van der Waals surface area contributed by atoms with Gasteiger partial charge in [0.15, 0.2) is 18.2 Å². The highest BCUT2D eigenvalue weighted by molar-refractivity contribution is 5.78. The molecule has 0 aliphatic heterocycles. The maximum atomic E-state index is 13.5. The van der Waals surface area contributed by atoms with Gasteiger partial charge >= 0.3 is 0 Å². The van der Waals surface area contributed by atoms with E-state index in [9.17, 15) is 9.18 Å². The lowest BCUT2D eigenvalue weighted by atomic mass is 10.1. The third-order valence-corrected chi connectivity index (χ3v) is 4.15. The van der Waals surface area contributed by atoms with Gasteiger partial charge in [-0.1, -0.05) is 36.4 Å². The van der Waals surface area contributed by atoms with Crippen LogP contribution >= 0.6 is 0 Å². The van der Waals surface area contributed by atoms with Crippen LogP contribution in [0.4, 0.5) is 4.39 Å². The Morgan fingerprint density at radius 1 is 1.23 bits per heavy atom. The van der Waals surface area contributed by atoms with E-state index in [1.807, 2.05) is 12.1 Å². The quantitative estimate of drug-likeness (QED) is 0.866. The van der Waals surface area contributed by atoms with Crippen LogP contribution in [-0.4, -0.2) is 24.5 Å². The van der Waals surface area contributed by atoms with Crippen LogP contribution in [0.1, 0.15) is 23.6 Å². The van der Waals surface area contributed by atoms with E-state index < -0.39 is 5.82 Å². The van der Waals surface area contributed by atoms with Gasteiger partial charge in [0.2, 0.25) is 0 Å². The first-order valence-corrected chi connectivity index (χ1v) is 7.37. The van der Waals surface area contributed by atoms with E-state index in [1.54, 1.807) is 24.1 Å². The van der Waals surface area contributed by atoms with Gasteiger partial charge in [-0.25, -0.2) is 4.39 Å². The number of carbonyl (C=O) groups excluding carboxylic acids is 1. The number of para-hydroxylation sites is 1. The molecule has 0 heterocycles. The molecule has 1 unspecified atom stereocenters. The highest BCUT2D eigenvalue weighted by atomic mass is 19.1. The predicted octanol–water partition coefficient (Wildman–Crippen LogP) is 3.35. The smallest absolute Gasteiger partial charge is 0.260 e. The molecule has 22 heavy (non-hydrogen) atoms. The molecular weight excluding hydrogens is 281 g/mol. The van der Waals surface area contributed by atoms with Crippen molar-refractivity contribution in [1.29, 1.82) is 0 Å². The van der Waals surface area contributed by atoms with E-state index in [0.29, 0.717) is 0 Å². The van der Waals surface area contributed by atoms with Crippen molar-refractivity contribution in [1.82, 2.24) is 4.90 Å². The van der Waals surface area contributed by atoms with Crippen molar-refractivity contribution in [2.75, 3.05) is 13.7 Å². The Labute approximate surface area is 129 Å². The second-order valence-corrected chi connectivity index (χ2v) is 5.48.